The van der Waals surface area contributed by atoms with Crippen LogP contribution in [0.15, 0.2) is 43.0 Å². The molecular formula is C17H13F3N6O. The number of aromatic nitrogens is 4. The Labute approximate surface area is 151 Å². The lowest BCUT2D eigenvalue weighted by atomic mass is 10.0. The van der Waals surface area contributed by atoms with Gasteiger partial charge in [0.05, 0.1) is 5.56 Å². The highest BCUT2D eigenvalue weighted by molar-refractivity contribution is 5.70. The molecule has 10 heteroatoms. The van der Waals surface area contributed by atoms with Crippen LogP contribution >= 0.6 is 0 Å². The molecule has 138 valence electrons. The highest BCUT2D eigenvalue weighted by Gasteiger charge is 2.31. The third kappa shape index (κ3) is 3.84. The number of benzene rings is 1. The van der Waals surface area contributed by atoms with E-state index in [1.165, 1.54) is 30.9 Å². The Bertz CT molecular complexity index is 1050. The van der Waals surface area contributed by atoms with E-state index in [-0.39, 0.29) is 17.1 Å². The summed E-state index contributed by atoms with van der Waals surface area (Å²) < 4.78 is 46.0. The van der Waals surface area contributed by atoms with Gasteiger partial charge in [0.2, 0.25) is 5.88 Å². The summed E-state index contributed by atoms with van der Waals surface area (Å²) in [6.45, 7) is 1.60. The first-order chi connectivity index (χ1) is 12.8. The van der Waals surface area contributed by atoms with Crippen molar-refractivity contribution in [2.75, 3.05) is 0 Å². The largest absolute Gasteiger partial charge is 0.437 e. The Kier molecular flexibility index (Phi) is 4.72. The van der Waals surface area contributed by atoms with Gasteiger partial charge in [-0.05, 0) is 31.2 Å². The standard InChI is InChI=1S/C17H13F3N6O/c1-10-4-15(22)26(8-21)25-16(10)27-14-5-12(17(18,19)20)2-3-13(14)11-6-23-9-24-7-11/h2-9,21-22H,1H3. The van der Waals surface area contributed by atoms with Gasteiger partial charge < -0.3 is 4.74 Å². The second-order valence-corrected chi connectivity index (χ2v) is 5.53. The van der Waals surface area contributed by atoms with Crippen molar-refractivity contribution in [1.82, 2.24) is 19.7 Å². The van der Waals surface area contributed by atoms with Crippen molar-refractivity contribution < 1.29 is 17.9 Å². The van der Waals surface area contributed by atoms with Gasteiger partial charge >= 0.3 is 6.18 Å². The summed E-state index contributed by atoms with van der Waals surface area (Å²) >= 11 is 0. The topological polar surface area (TPSA) is 101 Å². The highest BCUT2D eigenvalue weighted by Crippen LogP contribution is 2.38. The number of hydrogen-bond acceptors (Lipinski definition) is 6. The van der Waals surface area contributed by atoms with Crippen LogP contribution in [0, 0.1) is 17.7 Å². The SMILES string of the molecule is Cc1cc(=N)n(C=N)nc1Oc1cc(C(F)(F)F)ccc1-c1cncnc1. The minimum absolute atomic E-state index is 0.0214. The van der Waals surface area contributed by atoms with E-state index in [9.17, 15) is 13.2 Å². The van der Waals surface area contributed by atoms with Gasteiger partial charge in [-0.15, -0.1) is 5.10 Å². The fraction of sp³-hybridized carbons (Fsp3) is 0.118. The number of alkyl halides is 3. The predicted molar refractivity (Wildman–Crippen MR) is 89.5 cm³/mol. The number of aryl methyl sites for hydroxylation is 1. The van der Waals surface area contributed by atoms with Crippen molar-refractivity contribution in [3.8, 4) is 22.8 Å². The Balaban J connectivity index is 2.15. The number of ether oxygens (including phenoxy) is 1. The molecule has 0 bridgehead atoms. The third-order valence-corrected chi connectivity index (χ3v) is 3.65. The highest BCUT2D eigenvalue weighted by atomic mass is 19.4. The van der Waals surface area contributed by atoms with Gasteiger partial charge in [-0.25, -0.2) is 14.6 Å². The Morgan fingerprint density at radius 1 is 1.15 bits per heavy atom. The number of nitrogens with zero attached hydrogens (tertiary/aromatic N) is 4. The van der Waals surface area contributed by atoms with Gasteiger partial charge in [-0.1, -0.05) is 0 Å². The predicted octanol–water partition coefficient (Wildman–Crippen LogP) is 3.39. The van der Waals surface area contributed by atoms with Crippen LogP contribution in [0.5, 0.6) is 11.6 Å². The fourth-order valence-electron chi connectivity index (χ4n) is 2.33. The molecule has 0 saturated carbocycles. The second-order valence-electron chi connectivity index (χ2n) is 5.53. The van der Waals surface area contributed by atoms with Crippen molar-refractivity contribution in [2.45, 2.75) is 13.1 Å². The van der Waals surface area contributed by atoms with Crippen molar-refractivity contribution in [2.24, 2.45) is 0 Å². The smallest absolute Gasteiger partial charge is 0.416 e. The summed E-state index contributed by atoms with van der Waals surface area (Å²) in [6, 6.07) is 4.48. The quantitative estimate of drug-likeness (QED) is 0.540. The van der Waals surface area contributed by atoms with E-state index < -0.39 is 11.7 Å². The number of halogens is 3. The van der Waals surface area contributed by atoms with E-state index in [2.05, 4.69) is 15.1 Å². The summed E-state index contributed by atoms with van der Waals surface area (Å²) in [4.78, 5) is 7.75. The lowest BCUT2D eigenvalue weighted by Crippen LogP contribution is -2.22. The summed E-state index contributed by atoms with van der Waals surface area (Å²) in [6.07, 6.45) is 0.458. The number of nitrogens with one attached hydrogen (secondary N) is 2. The van der Waals surface area contributed by atoms with Crippen molar-refractivity contribution in [1.29, 1.82) is 10.8 Å². The average molecular weight is 374 g/mol. The summed E-state index contributed by atoms with van der Waals surface area (Å²) in [5, 5.41) is 18.9. The van der Waals surface area contributed by atoms with Crippen LogP contribution in [0.3, 0.4) is 0 Å². The zero-order valence-corrected chi connectivity index (χ0v) is 13.9. The molecule has 0 fully saturated rings. The van der Waals surface area contributed by atoms with Crippen LogP contribution < -0.4 is 10.2 Å². The molecule has 2 N–H and O–H groups in total. The van der Waals surface area contributed by atoms with Crippen LogP contribution in [0.1, 0.15) is 11.1 Å². The second kappa shape index (κ2) is 6.98. The Morgan fingerprint density at radius 3 is 2.48 bits per heavy atom. The van der Waals surface area contributed by atoms with Gasteiger partial charge in [0.15, 0.2) is 0 Å². The lowest BCUT2D eigenvalue weighted by molar-refractivity contribution is -0.137. The van der Waals surface area contributed by atoms with Gasteiger partial charge in [-0.3, -0.25) is 10.8 Å². The van der Waals surface area contributed by atoms with Crippen LogP contribution in [-0.2, 0) is 6.18 Å². The zero-order chi connectivity index (χ0) is 19.6. The summed E-state index contributed by atoms with van der Waals surface area (Å²) in [5.41, 5.74) is 0.311. The van der Waals surface area contributed by atoms with Crippen molar-refractivity contribution >= 4 is 6.34 Å². The van der Waals surface area contributed by atoms with E-state index >= 15 is 0 Å². The first kappa shape index (κ1) is 18.2. The molecule has 0 unspecified atom stereocenters. The molecule has 0 amide bonds. The Hall–Kier alpha value is -3.56. The number of rotatable bonds is 4. The summed E-state index contributed by atoms with van der Waals surface area (Å²) in [5.74, 6) is -0.114. The average Bonchev–Trinajstić information content (AvgIpc) is 2.64. The van der Waals surface area contributed by atoms with Crippen LogP contribution in [0.2, 0.25) is 0 Å². The molecule has 2 heterocycles. The maximum absolute atomic E-state index is 13.1. The maximum atomic E-state index is 13.1. The van der Waals surface area contributed by atoms with E-state index in [0.29, 0.717) is 16.7 Å². The molecule has 2 aromatic heterocycles. The molecule has 0 aliphatic heterocycles. The molecule has 27 heavy (non-hydrogen) atoms. The molecule has 7 nitrogen and oxygen atoms in total. The minimum atomic E-state index is -4.55. The molecule has 0 aliphatic rings. The molecule has 0 aliphatic carbocycles. The molecule has 0 atom stereocenters. The number of hydrogen-bond donors (Lipinski definition) is 2. The van der Waals surface area contributed by atoms with Gasteiger partial charge in [0.25, 0.3) is 0 Å². The van der Waals surface area contributed by atoms with Crippen LogP contribution in [0.4, 0.5) is 13.2 Å². The van der Waals surface area contributed by atoms with E-state index in [1.54, 1.807) is 6.92 Å². The van der Waals surface area contributed by atoms with Gasteiger partial charge in [0.1, 0.15) is 23.9 Å². The molecule has 0 spiro atoms. The van der Waals surface area contributed by atoms with E-state index in [1.807, 2.05) is 0 Å². The molecule has 0 saturated heterocycles. The first-order valence-corrected chi connectivity index (χ1v) is 7.59. The molecule has 3 rings (SSSR count). The third-order valence-electron chi connectivity index (χ3n) is 3.65. The van der Waals surface area contributed by atoms with Crippen LogP contribution in [0.25, 0.3) is 11.1 Å². The molecule has 0 radical (unpaired) electrons. The summed E-state index contributed by atoms with van der Waals surface area (Å²) in [7, 11) is 0. The van der Waals surface area contributed by atoms with Gasteiger partial charge in [0, 0.05) is 29.1 Å². The maximum Gasteiger partial charge on any atom is 0.416 e. The van der Waals surface area contributed by atoms with E-state index in [0.717, 1.165) is 23.2 Å². The normalized spacial score (nSPS) is 11.3. The zero-order valence-electron chi connectivity index (χ0n) is 13.9. The van der Waals surface area contributed by atoms with E-state index in [4.69, 9.17) is 15.6 Å². The van der Waals surface area contributed by atoms with Crippen molar-refractivity contribution in [3.63, 3.8) is 0 Å². The minimum Gasteiger partial charge on any atom is -0.437 e. The Morgan fingerprint density at radius 2 is 1.85 bits per heavy atom. The first-order valence-electron chi connectivity index (χ1n) is 7.59. The lowest BCUT2D eigenvalue weighted by Gasteiger charge is -2.15. The molecule has 1 aromatic carbocycles. The molecule has 3 aromatic rings. The monoisotopic (exact) mass is 374 g/mol. The van der Waals surface area contributed by atoms with Crippen molar-refractivity contribution in [3.05, 3.63) is 59.6 Å². The van der Waals surface area contributed by atoms with Gasteiger partial charge in [-0.2, -0.15) is 13.2 Å². The fourth-order valence-corrected chi connectivity index (χ4v) is 2.33. The molecular weight excluding hydrogens is 361 g/mol. The van der Waals surface area contributed by atoms with Crippen LogP contribution in [-0.4, -0.2) is 26.1 Å².